The summed E-state index contributed by atoms with van der Waals surface area (Å²) in [5.74, 6) is -0.297. The Balaban J connectivity index is 2.61. The van der Waals surface area contributed by atoms with E-state index in [2.05, 4.69) is 6.92 Å². The molecule has 0 radical (unpaired) electrons. The Hall–Kier alpha value is -1.61. The molecule has 0 aliphatic heterocycles. The highest BCUT2D eigenvalue weighted by Gasteiger charge is 2.12. The van der Waals surface area contributed by atoms with Crippen LogP contribution in [-0.4, -0.2) is 18.7 Å². The van der Waals surface area contributed by atoms with Gasteiger partial charge in [0.2, 0.25) is 0 Å². The second kappa shape index (κ2) is 9.32. The largest absolute Gasteiger partial charge is 0.463 e. The normalized spacial score (nSPS) is 13.1. The molecule has 110 valence electrons. The Morgan fingerprint density at radius 2 is 1.95 bits per heavy atom. The highest BCUT2D eigenvalue weighted by molar-refractivity contribution is 5.82. The van der Waals surface area contributed by atoms with Crippen molar-refractivity contribution in [3.8, 4) is 0 Å². The van der Waals surface area contributed by atoms with Gasteiger partial charge in [-0.1, -0.05) is 43.7 Å². The minimum Gasteiger partial charge on any atom is -0.463 e. The van der Waals surface area contributed by atoms with E-state index < -0.39 is 0 Å². The molecule has 3 nitrogen and oxygen atoms in total. The molecule has 1 aromatic rings. The number of carbonyl (C=O) groups excluding carboxylic acids is 1. The van der Waals surface area contributed by atoms with Gasteiger partial charge in [0.1, 0.15) is 0 Å². The number of ether oxygens (including phenoxy) is 2. The number of carbonyl (C=O) groups is 1. The van der Waals surface area contributed by atoms with Gasteiger partial charge in [-0.05, 0) is 31.4 Å². The van der Waals surface area contributed by atoms with Crippen LogP contribution in [0.1, 0.15) is 39.2 Å². The summed E-state index contributed by atoms with van der Waals surface area (Å²) >= 11 is 0. The van der Waals surface area contributed by atoms with Crippen molar-refractivity contribution in [2.45, 2.75) is 46.3 Å². The Morgan fingerprint density at radius 1 is 1.25 bits per heavy atom. The Kier molecular flexibility index (Phi) is 7.66. The highest BCUT2D eigenvalue weighted by Crippen LogP contribution is 2.15. The highest BCUT2D eigenvalue weighted by atomic mass is 16.5. The first-order chi connectivity index (χ1) is 9.67. The van der Waals surface area contributed by atoms with Gasteiger partial charge in [-0.15, -0.1) is 0 Å². The van der Waals surface area contributed by atoms with Crippen LogP contribution in [0.2, 0.25) is 0 Å². The molecule has 1 rings (SSSR count). The Morgan fingerprint density at radius 3 is 2.55 bits per heavy atom. The number of hydrogen-bond donors (Lipinski definition) is 0. The van der Waals surface area contributed by atoms with Crippen molar-refractivity contribution in [2.75, 3.05) is 6.61 Å². The molecule has 0 N–H and O–H groups in total. The molecule has 0 saturated carbocycles. The van der Waals surface area contributed by atoms with Crippen molar-refractivity contribution in [2.24, 2.45) is 0 Å². The van der Waals surface area contributed by atoms with Crippen LogP contribution >= 0.6 is 0 Å². The third-order valence-electron chi connectivity index (χ3n) is 2.98. The molecule has 1 atom stereocenters. The molecule has 0 bridgehead atoms. The van der Waals surface area contributed by atoms with Crippen LogP contribution in [0.5, 0.6) is 0 Å². The Labute approximate surface area is 121 Å². The second-order valence-corrected chi connectivity index (χ2v) is 4.71. The molecule has 3 heteroatoms. The molecule has 0 amide bonds. The molecule has 1 aromatic carbocycles. The van der Waals surface area contributed by atoms with E-state index in [0.29, 0.717) is 13.2 Å². The predicted octanol–water partition coefficient (Wildman–Crippen LogP) is 3.88. The maximum absolute atomic E-state index is 11.5. The molecule has 1 unspecified atom stereocenters. The topological polar surface area (TPSA) is 35.5 Å². The molecular weight excluding hydrogens is 252 g/mol. The minimum atomic E-state index is -0.297. The molecule has 0 spiro atoms. The molecular formula is C17H24O3. The summed E-state index contributed by atoms with van der Waals surface area (Å²) < 4.78 is 10.9. The van der Waals surface area contributed by atoms with Crippen molar-refractivity contribution in [3.63, 3.8) is 0 Å². The summed E-state index contributed by atoms with van der Waals surface area (Å²) in [6.07, 6.45) is 3.40. The van der Waals surface area contributed by atoms with Gasteiger partial charge in [-0.3, -0.25) is 0 Å². The lowest BCUT2D eigenvalue weighted by molar-refractivity contribution is -0.137. The van der Waals surface area contributed by atoms with E-state index >= 15 is 0 Å². The van der Waals surface area contributed by atoms with Crippen LogP contribution < -0.4 is 0 Å². The van der Waals surface area contributed by atoms with Crippen LogP contribution in [-0.2, 0) is 20.9 Å². The number of benzene rings is 1. The van der Waals surface area contributed by atoms with Crippen molar-refractivity contribution >= 4 is 5.97 Å². The quantitative estimate of drug-likeness (QED) is 0.534. The molecule has 0 saturated heterocycles. The minimum absolute atomic E-state index is 0.0374. The molecule has 0 aromatic heterocycles. The van der Waals surface area contributed by atoms with Crippen LogP contribution in [0.25, 0.3) is 0 Å². The summed E-state index contributed by atoms with van der Waals surface area (Å²) in [6, 6.07) is 10.0. The maximum Gasteiger partial charge on any atom is 0.330 e. The first kappa shape index (κ1) is 16.4. The fraction of sp³-hybridized carbons (Fsp3) is 0.471. The van der Waals surface area contributed by atoms with Crippen molar-refractivity contribution in [1.29, 1.82) is 0 Å². The van der Waals surface area contributed by atoms with Gasteiger partial charge in [0, 0.05) is 6.08 Å². The Bertz CT molecular complexity index is 423. The van der Waals surface area contributed by atoms with E-state index in [-0.39, 0.29) is 12.1 Å². The molecule has 0 fully saturated rings. The van der Waals surface area contributed by atoms with Crippen LogP contribution in [0, 0.1) is 0 Å². The second-order valence-electron chi connectivity index (χ2n) is 4.71. The number of rotatable bonds is 8. The van der Waals surface area contributed by atoms with Crippen molar-refractivity contribution in [3.05, 3.63) is 47.5 Å². The molecule has 20 heavy (non-hydrogen) atoms. The van der Waals surface area contributed by atoms with Crippen LogP contribution in [0.15, 0.2) is 42.0 Å². The number of esters is 1. The summed E-state index contributed by atoms with van der Waals surface area (Å²) in [6.45, 7) is 6.78. The van der Waals surface area contributed by atoms with Crippen molar-refractivity contribution < 1.29 is 14.3 Å². The third-order valence-corrected chi connectivity index (χ3v) is 2.98. The van der Waals surface area contributed by atoms with Crippen LogP contribution in [0.4, 0.5) is 0 Å². The first-order valence-electron chi connectivity index (χ1n) is 7.17. The molecule has 0 aliphatic rings. The lowest BCUT2D eigenvalue weighted by atomic mass is 10.1. The van der Waals surface area contributed by atoms with Gasteiger partial charge in [-0.2, -0.15) is 0 Å². The zero-order valence-corrected chi connectivity index (χ0v) is 12.6. The van der Waals surface area contributed by atoms with Crippen LogP contribution in [0.3, 0.4) is 0 Å². The van der Waals surface area contributed by atoms with Crippen molar-refractivity contribution in [1.82, 2.24) is 0 Å². The monoisotopic (exact) mass is 276 g/mol. The van der Waals surface area contributed by atoms with Gasteiger partial charge < -0.3 is 9.47 Å². The summed E-state index contributed by atoms with van der Waals surface area (Å²) in [7, 11) is 0. The smallest absolute Gasteiger partial charge is 0.330 e. The zero-order chi connectivity index (χ0) is 14.8. The molecule has 0 heterocycles. The van der Waals surface area contributed by atoms with Gasteiger partial charge in [-0.25, -0.2) is 4.79 Å². The standard InChI is InChI=1S/C17H24O3/c1-4-9-16(14(3)12-17(18)19-5-2)20-13-15-10-7-6-8-11-15/h6-8,10-12,16H,4-5,9,13H2,1-3H3/b14-12+. The average molecular weight is 276 g/mol. The van der Waals surface area contributed by atoms with E-state index in [1.165, 1.54) is 6.08 Å². The van der Waals surface area contributed by atoms with Gasteiger partial charge >= 0.3 is 5.97 Å². The van der Waals surface area contributed by atoms with E-state index in [9.17, 15) is 4.79 Å². The fourth-order valence-electron chi connectivity index (χ4n) is 1.94. The van der Waals surface area contributed by atoms with Gasteiger partial charge in [0.05, 0.1) is 19.3 Å². The lowest BCUT2D eigenvalue weighted by Crippen LogP contribution is -2.16. The zero-order valence-electron chi connectivity index (χ0n) is 12.6. The van der Waals surface area contributed by atoms with E-state index in [1.54, 1.807) is 6.92 Å². The van der Waals surface area contributed by atoms with Gasteiger partial charge in [0.15, 0.2) is 0 Å². The first-order valence-corrected chi connectivity index (χ1v) is 7.17. The summed E-state index contributed by atoms with van der Waals surface area (Å²) in [5.41, 5.74) is 2.05. The fourth-order valence-corrected chi connectivity index (χ4v) is 1.94. The van der Waals surface area contributed by atoms with E-state index in [0.717, 1.165) is 24.0 Å². The lowest BCUT2D eigenvalue weighted by Gasteiger charge is -2.18. The van der Waals surface area contributed by atoms with E-state index in [1.807, 2.05) is 37.3 Å². The summed E-state index contributed by atoms with van der Waals surface area (Å²) in [4.78, 5) is 11.5. The van der Waals surface area contributed by atoms with E-state index in [4.69, 9.17) is 9.47 Å². The molecule has 0 aliphatic carbocycles. The maximum atomic E-state index is 11.5. The predicted molar refractivity (Wildman–Crippen MR) is 80.3 cm³/mol. The third kappa shape index (κ3) is 6.02. The average Bonchev–Trinajstić information content (AvgIpc) is 2.44. The summed E-state index contributed by atoms with van der Waals surface area (Å²) in [5, 5.41) is 0. The van der Waals surface area contributed by atoms with Gasteiger partial charge in [0.25, 0.3) is 0 Å². The number of hydrogen-bond acceptors (Lipinski definition) is 3. The SMILES string of the molecule is CCCC(OCc1ccccc1)/C(C)=C/C(=O)OCC.